The SMILES string of the molecule is O=C(O)CCCCCC1C2CCC(C2)C1C(=O)NCCc1cccc(Cl)c1. The van der Waals surface area contributed by atoms with Gasteiger partial charge in [-0.2, -0.15) is 0 Å². The van der Waals surface area contributed by atoms with E-state index in [0.29, 0.717) is 24.3 Å². The molecule has 148 valence electrons. The van der Waals surface area contributed by atoms with E-state index in [0.717, 1.165) is 42.7 Å². The number of amides is 1. The Labute approximate surface area is 166 Å². The molecule has 27 heavy (non-hydrogen) atoms. The lowest BCUT2D eigenvalue weighted by Crippen LogP contribution is -2.39. The lowest BCUT2D eigenvalue weighted by molar-refractivity contribution is -0.137. The number of halogens is 1. The van der Waals surface area contributed by atoms with Gasteiger partial charge in [-0.3, -0.25) is 9.59 Å². The van der Waals surface area contributed by atoms with Gasteiger partial charge in [0.15, 0.2) is 0 Å². The summed E-state index contributed by atoms with van der Waals surface area (Å²) in [5.41, 5.74) is 1.14. The molecule has 2 aliphatic carbocycles. The molecule has 3 rings (SSSR count). The van der Waals surface area contributed by atoms with Gasteiger partial charge in [-0.15, -0.1) is 0 Å². The zero-order valence-electron chi connectivity index (χ0n) is 15.8. The molecule has 4 unspecified atom stereocenters. The minimum absolute atomic E-state index is 0.155. The third-order valence-corrected chi connectivity index (χ3v) is 6.66. The molecule has 0 heterocycles. The van der Waals surface area contributed by atoms with Crippen molar-refractivity contribution < 1.29 is 14.7 Å². The Balaban J connectivity index is 1.46. The molecule has 4 nitrogen and oxygen atoms in total. The second kappa shape index (κ2) is 9.59. The molecule has 1 aromatic carbocycles. The Morgan fingerprint density at radius 3 is 2.74 bits per heavy atom. The number of hydrogen-bond donors (Lipinski definition) is 2. The first-order chi connectivity index (χ1) is 13.0. The summed E-state index contributed by atoms with van der Waals surface area (Å²) < 4.78 is 0. The number of carboxylic acids is 1. The highest BCUT2D eigenvalue weighted by Gasteiger charge is 2.49. The molecule has 1 amide bonds. The highest BCUT2D eigenvalue weighted by atomic mass is 35.5. The molecule has 5 heteroatoms. The second-order valence-corrected chi connectivity index (χ2v) is 8.62. The van der Waals surface area contributed by atoms with E-state index in [1.165, 1.54) is 19.3 Å². The molecule has 1 aromatic rings. The smallest absolute Gasteiger partial charge is 0.303 e. The summed E-state index contributed by atoms with van der Waals surface area (Å²) >= 11 is 6.02. The number of carbonyl (C=O) groups is 2. The van der Waals surface area contributed by atoms with Crippen LogP contribution in [0.15, 0.2) is 24.3 Å². The zero-order chi connectivity index (χ0) is 19.2. The predicted molar refractivity (Wildman–Crippen MR) is 107 cm³/mol. The zero-order valence-corrected chi connectivity index (χ0v) is 16.6. The van der Waals surface area contributed by atoms with Crippen molar-refractivity contribution in [3.63, 3.8) is 0 Å². The molecule has 4 atom stereocenters. The lowest BCUT2D eigenvalue weighted by Gasteiger charge is -2.30. The number of aliphatic carboxylic acids is 1. The van der Waals surface area contributed by atoms with Gasteiger partial charge in [-0.25, -0.2) is 0 Å². The van der Waals surface area contributed by atoms with Gasteiger partial charge >= 0.3 is 5.97 Å². The molecule has 0 aliphatic heterocycles. The Hall–Kier alpha value is -1.55. The molecular weight excluding hydrogens is 362 g/mol. The summed E-state index contributed by atoms with van der Waals surface area (Å²) in [4.78, 5) is 23.5. The molecule has 0 radical (unpaired) electrons. The fraction of sp³-hybridized carbons (Fsp3) is 0.636. The Bertz CT molecular complexity index is 663. The van der Waals surface area contributed by atoms with Crippen LogP contribution in [-0.4, -0.2) is 23.5 Å². The van der Waals surface area contributed by atoms with Gasteiger partial charge in [-0.05, 0) is 74.0 Å². The van der Waals surface area contributed by atoms with Crippen LogP contribution in [0.25, 0.3) is 0 Å². The maximum Gasteiger partial charge on any atom is 0.303 e. The van der Waals surface area contributed by atoms with E-state index in [-0.39, 0.29) is 18.2 Å². The number of hydrogen-bond acceptors (Lipinski definition) is 2. The van der Waals surface area contributed by atoms with Gasteiger partial charge in [0.25, 0.3) is 0 Å². The Morgan fingerprint density at radius 2 is 1.96 bits per heavy atom. The van der Waals surface area contributed by atoms with Crippen LogP contribution in [0.1, 0.15) is 56.9 Å². The maximum absolute atomic E-state index is 12.9. The molecule has 0 saturated heterocycles. The molecule has 2 saturated carbocycles. The van der Waals surface area contributed by atoms with Crippen LogP contribution < -0.4 is 5.32 Å². The van der Waals surface area contributed by atoms with Crippen LogP contribution in [0.3, 0.4) is 0 Å². The third kappa shape index (κ3) is 5.47. The molecule has 0 spiro atoms. The van der Waals surface area contributed by atoms with E-state index in [2.05, 4.69) is 5.32 Å². The summed E-state index contributed by atoms with van der Waals surface area (Å²) in [5.74, 6) is 1.39. The van der Waals surface area contributed by atoms with Crippen molar-refractivity contribution in [2.75, 3.05) is 6.54 Å². The first-order valence-electron chi connectivity index (χ1n) is 10.3. The molecule has 2 aliphatic rings. The number of carboxylic acid groups (broad SMARTS) is 1. The summed E-state index contributed by atoms with van der Waals surface area (Å²) in [5, 5.41) is 12.6. The summed E-state index contributed by atoms with van der Waals surface area (Å²) in [7, 11) is 0. The van der Waals surface area contributed by atoms with Crippen molar-refractivity contribution in [2.24, 2.45) is 23.7 Å². The van der Waals surface area contributed by atoms with Gasteiger partial charge in [0.05, 0.1) is 0 Å². The number of fused-ring (bicyclic) bond motifs is 2. The average Bonchev–Trinajstić information content (AvgIpc) is 3.22. The first-order valence-corrected chi connectivity index (χ1v) is 10.7. The van der Waals surface area contributed by atoms with Gasteiger partial charge in [0.2, 0.25) is 5.91 Å². The molecular formula is C22H30ClNO3. The van der Waals surface area contributed by atoms with E-state index in [1.54, 1.807) is 0 Å². The van der Waals surface area contributed by atoms with E-state index in [4.69, 9.17) is 16.7 Å². The van der Waals surface area contributed by atoms with Crippen molar-refractivity contribution in [1.82, 2.24) is 5.32 Å². The second-order valence-electron chi connectivity index (χ2n) is 8.19. The minimum atomic E-state index is -0.716. The fourth-order valence-electron chi connectivity index (χ4n) is 5.21. The van der Waals surface area contributed by atoms with Crippen molar-refractivity contribution in [3.05, 3.63) is 34.9 Å². The third-order valence-electron chi connectivity index (χ3n) is 6.42. The number of benzene rings is 1. The minimum Gasteiger partial charge on any atom is -0.481 e. The molecule has 2 fully saturated rings. The summed E-state index contributed by atoms with van der Waals surface area (Å²) in [6.45, 7) is 0.651. The quantitative estimate of drug-likeness (QED) is 0.568. The molecule has 2 N–H and O–H groups in total. The lowest BCUT2D eigenvalue weighted by atomic mass is 9.76. The Morgan fingerprint density at radius 1 is 1.15 bits per heavy atom. The van der Waals surface area contributed by atoms with Crippen LogP contribution in [-0.2, 0) is 16.0 Å². The van der Waals surface area contributed by atoms with Crippen LogP contribution in [0.5, 0.6) is 0 Å². The van der Waals surface area contributed by atoms with Crippen LogP contribution >= 0.6 is 11.6 Å². The summed E-state index contributed by atoms with van der Waals surface area (Å²) in [6, 6.07) is 7.79. The average molecular weight is 392 g/mol. The standard InChI is InChI=1S/C22H30ClNO3/c23-18-6-4-5-15(13-18)11-12-24-22(27)21-17-10-9-16(14-17)19(21)7-2-1-3-8-20(25)26/h4-6,13,16-17,19,21H,1-3,7-12,14H2,(H,24,27)(H,25,26). The largest absolute Gasteiger partial charge is 0.481 e. The van der Waals surface area contributed by atoms with Gasteiger partial charge < -0.3 is 10.4 Å². The highest BCUT2D eigenvalue weighted by Crippen LogP contribution is 2.54. The van der Waals surface area contributed by atoms with Crippen molar-refractivity contribution in [1.29, 1.82) is 0 Å². The maximum atomic E-state index is 12.9. The topological polar surface area (TPSA) is 66.4 Å². The van der Waals surface area contributed by atoms with Gasteiger partial charge in [0, 0.05) is 23.9 Å². The summed E-state index contributed by atoms with van der Waals surface area (Å²) in [6.07, 6.45) is 8.49. The van der Waals surface area contributed by atoms with Crippen LogP contribution in [0.2, 0.25) is 5.02 Å². The normalized spacial score (nSPS) is 26.3. The van der Waals surface area contributed by atoms with Crippen molar-refractivity contribution in [2.45, 2.75) is 57.8 Å². The number of carbonyl (C=O) groups excluding carboxylic acids is 1. The number of unbranched alkanes of at least 4 members (excludes halogenated alkanes) is 2. The van der Waals surface area contributed by atoms with E-state index >= 15 is 0 Å². The van der Waals surface area contributed by atoms with E-state index in [1.807, 2.05) is 24.3 Å². The fourth-order valence-corrected chi connectivity index (χ4v) is 5.42. The number of nitrogens with one attached hydrogen (secondary N) is 1. The number of rotatable bonds is 10. The van der Waals surface area contributed by atoms with Crippen LogP contribution in [0.4, 0.5) is 0 Å². The Kier molecular flexibility index (Phi) is 7.17. The first kappa shape index (κ1) is 20.2. The van der Waals surface area contributed by atoms with E-state index < -0.39 is 5.97 Å². The van der Waals surface area contributed by atoms with E-state index in [9.17, 15) is 9.59 Å². The predicted octanol–water partition coefficient (Wildman–Crippen LogP) is 4.70. The van der Waals surface area contributed by atoms with Gasteiger partial charge in [0.1, 0.15) is 0 Å². The van der Waals surface area contributed by atoms with Crippen molar-refractivity contribution >= 4 is 23.5 Å². The van der Waals surface area contributed by atoms with Crippen LogP contribution in [0, 0.1) is 23.7 Å². The molecule has 2 bridgehead atoms. The molecule has 0 aromatic heterocycles. The van der Waals surface area contributed by atoms with Crippen molar-refractivity contribution in [3.8, 4) is 0 Å². The monoisotopic (exact) mass is 391 g/mol. The highest BCUT2D eigenvalue weighted by molar-refractivity contribution is 6.30. The van der Waals surface area contributed by atoms with Gasteiger partial charge in [-0.1, -0.05) is 36.6 Å².